The van der Waals surface area contributed by atoms with Crippen LogP contribution in [0.2, 0.25) is 0 Å². The van der Waals surface area contributed by atoms with Crippen molar-refractivity contribution in [1.29, 1.82) is 5.26 Å². The van der Waals surface area contributed by atoms with Gasteiger partial charge >= 0.3 is 12.1 Å². The van der Waals surface area contributed by atoms with Gasteiger partial charge in [0.15, 0.2) is 5.54 Å². The molecule has 0 saturated heterocycles. The van der Waals surface area contributed by atoms with Gasteiger partial charge < -0.3 is 21.9 Å². The fraction of sp³-hybridized carbons (Fsp3) is 0.278. The molecule has 0 aliphatic rings. The number of halogens is 3. The molecule has 0 unspecified atom stereocenters. The van der Waals surface area contributed by atoms with Crippen LogP contribution < -0.4 is 16.8 Å². The number of nitrogen functional groups attached to an aromatic ring is 1. The summed E-state index contributed by atoms with van der Waals surface area (Å²) in [5.74, 6) is -2.82. The van der Waals surface area contributed by atoms with E-state index in [-0.39, 0.29) is 22.2 Å². The Kier molecular flexibility index (Phi) is 6.96. The fourth-order valence-electron chi connectivity index (χ4n) is 2.85. The number of anilines is 2. The maximum Gasteiger partial charge on any atom is 0.416 e. The van der Waals surface area contributed by atoms with Crippen molar-refractivity contribution in [3.05, 3.63) is 41.1 Å². The molecule has 0 aliphatic carbocycles. The Hall–Kier alpha value is -3.53. The van der Waals surface area contributed by atoms with Gasteiger partial charge in [-0.1, -0.05) is 6.07 Å². The molecule has 0 aliphatic heterocycles. The summed E-state index contributed by atoms with van der Waals surface area (Å²) in [5, 5.41) is 22.3. The number of carbonyl (C=O) groups is 2. The molecule has 0 bridgehead atoms. The van der Waals surface area contributed by atoms with Crippen molar-refractivity contribution in [2.45, 2.75) is 29.6 Å². The van der Waals surface area contributed by atoms with Crippen LogP contribution >= 0.6 is 11.8 Å². The average Bonchev–Trinajstić information content (AvgIpc) is 2.69. The van der Waals surface area contributed by atoms with Crippen LogP contribution in [0.15, 0.2) is 29.3 Å². The normalized spacial score (nSPS) is 13.1. The Bertz CT molecular complexity index is 1060. The lowest BCUT2D eigenvalue weighted by Crippen LogP contribution is -2.46. The second-order valence-corrected chi connectivity index (χ2v) is 7.10. The van der Waals surface area contributed by atoms with E-state index < -0.39 is 47.7 Å². The number of nitrogens with two attached hydrogens (primary N) is 2. The molecule has 1 aromatic heterocycles. The van der Waals surface area contributed by atoms with Crippen LogP contribution in [0.4, 0.5) is 24.8 Å². The van der Waals surface area contributed by atoms with Crippen LogP contribution in [0.1, 0.15) is 29.7 Å². The number of aliphatic carboxylic acids is 1. The highest BCUT2D eigenvalue weighted by Gasteiger charge is 2.45. The van der Waals surface area contributed by atoms with E-state index in [1.165, 1.54) is 6.07 Å². The largest absolute Gasteiger partial charge is 0.479 e. The Morgan fingerprint density at radius 3 is 2.52 bits per heavy atom. The first-order valence-corrected chi connectivity index (χ1v) is 9.76. The standard InChI is InChI=1S/C18H17F3N6O3S/c1-31-14-11(8-22)13(25-16(24)26-14)17(15(29)30,6-5-12(23)28)27-10-4-2-3-9(7-10)18(19,20)21/h2-4,7,27H,5-6H2,1H3,(H2,23,28)(H,29,30)(H2,24,25,26)/t17-/m1/s1. The number of hydrogen-bond acceptors (Lipinski definition) is 8. The van der Waals surface area contributed by atoms with Crippen LogP contribution in [0.25, 0.3) is 0 Å². The monoisotopic (exact) mass is 454 g/mol. The predicted molar refractivity (Wildman–Crippen MR) is 106 cm³/mol. The van der Waals surface area contributed by atoms with Gasteiger partial charge in [-0.05, 0) is 30.9 Å². The van der Waals surface area contributed by atoms with Gasteiger partial charge in [0.2, 0.25) is 11.9 Å². The van der Waals surface area contributed by atoms with Gasteiger partial charge in [-0.15, -0.1) is 11.8 Å². The number of nitrogens with one attached hydrogen (secondary N) is 1. The summed E-state index contributed by atoms with van der Waals surface area (Å²) in [7, 11) is 0. The summed E-state index contributed by atoms with van der Waals surface area (Å²) < 4.78 is 39.4. The molecule has 1 heterocycles. The third-order valence-corrected chi connectivity index (χ3v) is 4.94. The fourth-order valence-corrected chi connectivity index (χ4v) is 3.38. The summed E-state index contributed by atoms with van der Waals surface area (Å²) in [4.78, 5) is 31.6. The first-order chi connectivity index (χ1) is 14.4. The third kappa shape index (κ3) is 5.15. The summed E-state index contributed by atoms with van der Waals surface area (Å²) in [6, 6.07) is 5.62. The zero-order valence-electron chi connectivity index (χ0n) is 16.0. The van der Waals surface area contributed by atoms with Crippen LogP contribution in [0, 0.1) is 11.3 Å². The summed E-state index contributed by atoms with van der Waals surface area (Å²) in [6.07, 6.45) is -4.10. The minimum Gasteiger partial charge on any atom is -0.479 e. The Morgan fingerprint density at radius 1 is 1.32 bits per heavy atom. The van der Waals surface area contributed by atoms with Crippen LogP contribution in [-0.4, -0.2) is 33.2 Å². The molecule has 1 aromatic carbocycles. The number of carboxylic acid groups (broad SMARTS) is 1. The van der Waals surface area contributed by atoms with Crippen molar-refractivity contribution in [2.75, 3.05) is 17.3 Å². The van der Waals surface area contributed by atoms with Crippen molar-refractivity contribution in [3.63, 3.8) is 0 Å². The molecule has 6 N–H and O–H groups in total. The molecular weight excluding hydrogens is 437 g/mol. The second-order valence-electron chi connectivity index (χ2n) is 6.31. The van der Waals surface area contributed by atoms with Crippen molar-refractivity contribution >= 4 is 35.3 Å². The zero-order chi connectivity index (χ0) is 23.4. The molecule has 164 valence electrons. The number of aromatic nitrogens is 2. The smallest absolute Gasteiger partial charge is 0.416 e. The van der Waals surface area contributed by atoms with Gasteiger partial charge in [0.1, 0.15) is 22.4 Å². The zero-order valence-corrected chi connectivity index (χ0v) is 16.8. The van der Waals surface area contributed by atoms with E-state index in [9.17, 15) is 33.1 Å². The molecule has 1 amide bonds. The molecule has 0 radical (unpaired) electrons. The van der Waals surface area contributed by atoms with E-state index >= 15 is 0 Å². The lowest BCUT2D eigenvalue weighted by atomic mass is 9.86. The number of amides is 1. The molecule has 13 heteroatoms. The van der Waals surface area contributed by atoms with E-state index in [4.69, 9.17) is 11.5 Å². The molecule has 0 fully saturated rings. The molecular formula is C18H17F3N6O3S. The quantitative estimate of drug-likeness (QED) is 0.345. The average molecular weight is 454 g/mol. The maximum absolute atomic E-state index is 13.1. The maximum atomic E-state index is 13.1. The highest BCUT2D eigenvalue weighted by atomic mass is 32.2. The molecule has 2 aromatic rings. The Labute approximate surface area is 178 Å². The van der Waals surface area contributed by atoms with Gasteiger partial charge in [0, 0.05) is 12.1 Å². The highest BCUT2D eigenvalue weighted by Crippen LogP contribution is 2.37. The van der Waals surface area contributed by atoms with Crippen molar-refractivity contribution < 1.29 is 27.9 Å². The molecule has 9 nitrogen and oxygen atoms in total. The van der Waals surface area contributed by atoms with Crippen molar-refractivity contribution in [1.82, 2.24) is 9.97 Å². The van der Waals surface area contributed by atoms with Crippen LogP contribution in [0.3, 0.4) is 0 Å². The number of hydrogen-bond donors (Lipinski definition) is 4. The number of carbonyl (C=O) groups excluding carboxylic acids is 1. The van der Waals surface area contributed by atoms with E-state index in [0.29, 0.717) is 6.07 Å². The van der Waals surface area contributed by atoms with Gasteiger partial charge in [-0.25, -0.2) is 14.8 Å². The molecule has 2 rings (SSSR count). The van der Waals surface area contributed by atoms with Crippen LogP contribution in [-0.2, 0) is 21.3 Å². The van der Waals surface area contributed by atoms with Crippen molar-refractivity contribution in [3.8, 4) is 6.07 Å². The minimum atomic E-state index is -4.68. The first kappa shape index (κ1) is 23.7. The van der Waals surface area contributed by atoms with E-state index in [1.807, 2.05) is 6.07 Å². The number of rotatable bonds is 8. The number of thioether (sulfide) groups is 1. The van der Waals surface area contributed by atoms with Crippen LogP contribution in [0.5, 0.6) is 0 Å². The summed E-state index contributed by atoms with van der Waals surface area (Å²) in [6.45, 7) is 0. The number of alkyl halides is 3. The Balaban J connectivity index is 2.77. The molecule has 0 saturated carbocycles. The van der Waals surface area contributed by atoms with Crippen molar-refractivity contribution in [2.24, 2.45) is 5.73 Å². The molecule has 0 spiro atoms. The number of carboxylic acids is 1. The van der Waals surface area contributed by atoms with E-state index in [2.05, 4.69) is 15.3 Å². The van der Waals surface area contributed by atoms with Gasteiger partial charge in [0.25, 0.3) is 0 Å². The SMILES string of the molecule is CSc1nc(N)nc([C@@](CCC(N)=O)(Nc2cccc(C(F)(F)F)c2)C(=O)O)c1C#N. The van der Waals surface area contributed by atoms with Gasteiger partial charge in [0.05, 0.1) is 5.56 Å². The minimum absolute atomic E-state index is 0.0699. The first-order valence-electron chi connectivity index (χ1n) is 8.54. The van der Waals surface area contributed by atoms with E-state index in [1.54, 1.807) is 6.26 Å². The number of nitrogens with zero attached hydrogens (tertiary/aromatic N) is 3. The molecule has 31 heavy (non-hydrogen) atoms. The lowest BCUT2D eigenvalue weighted by Gasteiger charge is -2.32. The lowest BCUT2D eigenvalue weighted by molar-refractivity contribution is -0.143. The topological polar surface area (TPSA) is 168 Å². The predicted octanol–water partition coefficient (Wildman–Crippen LogP) is 2.33. The van der Waals surface area contributed by atoms with Gasteiger partial charge in [-0.2, -0.15) is 18.4 Å². The second kappa shape index (κ2) is 9.09. The highest BCUT2D eigenvalue weighted by molar-refractivity contribution is 7.98. The Morgan fingerprint density at radius 2 is 2.00 bits per heavy atom. The number of primary amides is 1. The number of nitriles is 1. The van der Waals surface area contributed by atoms with E-state index in [0.717, 1.165) is 23.9 Å². The van der Waals surface area contributed by atoms with Gasteiger partial charge in [-0.3, -0.25) is 4.79 Å². The molecule has 1 atom stereocenters. The summed E-state index contributed by atoms with van der Waals surface area (Å²) in [5.41, 5.74) is 6.66. The summed E-state index contributed by atoms with van der Waals surface area (Å²) >= 11 is 0.998. The third-order valence-electron chi connectivity index (χ3n) is 4.26. The number of benzene rings is 1.